The molecule has 3 rings (SSSR count). The van der Waals surface area contributed by atoms with Gasteiger partial charge in [-0.1, -0.05) is 18.6 Å². The molecule has 0 spiro atoms. The van der Waals surface area contributed by atoms with E-state index in [2.05, 4.69) is 35.3 Å². The van der Waals surface area contributed by atoms with Crippen molar-refractivity contribution in [2.45, 2.75) is 57.2 Å². The number of nitrogens with one attached hydrogen (secondary N) is 1. The summed E-state index contributed by atoms with van der Waals surface area (Å²) in [7, 11) is 1.74. The second-order valence-corrected chi connectivity index (χ2v) is 6.53. The normalized spacial score (nSPS) is 24.0. The molecule has 1 heterocycles. The molecule has 1 aliphatic heterocycles. The van der Waals surface area contributed by atoms with Crippen LogP contribution in [-0.4, -0.2) is 37.2 Å². The van der Waals surface area contributed by atoms with Crippen molar-refractivity contribution in [2.24, 2.45) is 0 Å². The molecule has 0 bridgehead atoms. The Bertz CT molecular complexity index is 452. The standard InChI is InChI=1S/C18H28N2O/c1-14(15-6-5-8-18(12-15)21-2)20(17-9-10-17)13-16-7-3-4-11-19-16/h5-6,8,12,14,16-17,19H,3-4,7,9-11,13H2,1-2H3. The summed E-state index contributed by atoms with van der Waals surface area (Å²) in [6, 6.07) is 10.5. The summed E-state index contributed by atoms with van der Waals surface area (Å²) in [5.74, 6) is 0.964. The molecule has 21 heavy (non-hydrogen) atoms. The molecule has 1 aromatic rings. The third-order valence-electron chi connectivity index (χ3n) is 4.93. The number of hydrogen-bond acceptors (Lipinski definition) is 3. The van der Waals surface area contributed by atoms with Crippen molar-refractivity contribution in [3.05, 3.63) is 29.8 Å². The second kappa shape index (κ2) is 6.80. The van der Waals surface area contributed by atoms with Crippen molar-refractivity contribution in [1.82, 2.24) is 10.2 Å². The summed E-state index contributed by atoms with van der Waals surface area (Å²) in [5.41, 5.74) is 1.37. The zero-order valence-corrected chi connectivity index (χ0v) is 13.3. The van der Waals surface area contributed by atoms with Crippen LogP contribution < -0.4 is 10.1 Å². The van der Waals surface area contributed by atoms with E-state index in [0.29, 0.717) is 12.1 Å². The average Bonchev–Trinajstić information content (AvgIpc) is 3.38. The van der Waals surface area contributed by atoms with Crippen LogP contribution in [0.4, 0.5) is 0 Å². The first-order valence-corrected chi connectivity index (χ1v) is 8.41. The number of ether oxygens (including phenoxy) is 1. The summed E-state index contributed by atoms with van der Waals surface area (Å²) in [5, 5.41) is 3.69. The van der Waals surface area contributed by atoms with Gasteiger partial charge in [0.15, 0.2) is 0 Å². The quantitative estimate of drug-likeness (QED) is 0.868. The highest BCUT2D eigenvalue weighted by atomic mass is 16.5. The maximum Gasteiger partial charge on any atom is 0.119 e. The van der Waals surface area contributed by atoms with Crippen LogP contribution in [-0.2, 0) is 0 Å². The lowest BCUT2D eigenvalue weighted by molar-refractivity contribution is 0.166. The van der Waals surface area contributed by atoms with Crippen LogP contribution in [0.5, 0.6) is 5.75 Å². The van der Waals surface area contributed by atoms with Crippen LogP contribution in [0.3, 0.4) is 0 Å². The Hall–Kier alpha value is -1.06. The van der Waals surface area contributed by atoms with Gasteiger partial charge in [-0.2, -0.15) is 0 Å². The van der Waals surface area contributed by atoms with E-state index in [4.69, 9.17) is 4.74 Å². The molecule has 0 aromatic heterocycles. The SMILES string of the molecule is COc1cccc(C(C)N(CC2CCCCN2)C2CC2)c1. The Kier molecular flexibility index (Phi) is 4.81. The minimum Gasteiger partial charge on any atom is -0.497 e. The maximum atomic E-state index is 5.38. The lowest BCUT2D eigenvalue weighted by atomic mass is 10.0. The molecule has 1 aromatic carbocycles. The Morgan fingerprint density at radius 1 is 1.29 bits per heavy atom. The molecular weight excluding hydrogens is 260 g/mol. The molecule has 3 nitrogen and oxygen atoms in total. The van der Waals surface area contributed by atoms with Crippen molar-refractivity contribution in [2.75, 3.05) is 20.2 Å². The van der Waals surface area contributed by atoms with Crippen molar-refractivity contribution in [3.8, 4) is 5.75 Å². The number of hydrogen-bond donors (Lipinski definition) is 1. The lowest BCUT2D eigenvalue weighted by Crippen LogP contribution is -2.45. The summed E-state index contributed by atoms with van der Waals surface area (Å²) < 4.78 is 5.38. The van der Waals surface area contributed by atoms with E-state index >= 15 is 0 Å². The maximum absolute atomic E-state index is 5.38. The Balaban J connectivity index is 1.70. The van der Waals surface area contributed by atoms with E-state index in [-0.39, 0.29) is 0 Å². The summed E-state index contributed by atoms with van der Waals surface area (Å²) >= 11 is 0. The van der Waals surface area contributed by atoms with Gasteiger partial charge in [0, 0.05) is 24.7 Å². The number of rotatable bonds is 6. The number of nitrogens with zero attached hydrogens (tertiary/aromatic N) is 1. The molecule has 1 aliphatic carbocycles. The molecule has 2 unspecified atom stereocenters. The van der Waals surface area contributed by atoms with Gasteiger partial charge >= 0.3 is 0 Å². The summed E-state index contributed by atoms with van der Waals surface area (Å²) in [6.45, 7) is 4.72. The third-order valence-corrected chi connectivity index (χ3v) is 4.93. The number of methoxy groups -OCH3 is 1. The Morgan fingerprint density at radius 2 is 2.14 bits per heavy atom. The fraction of sp³-hybridized carbons (Fsp3) is 0.667. The fourth-order valence-corrected chi connectivity index (χ4v) is 3.46. The smallest absolute Gasteiger partial charge is 0.119 e. The molecular formula is C18H28N2O. The zero-order valence-electron chi connectivity index (χ0n) is 13.3. The van der Waals surface area contributed by atoms with Gasteiger partial charge in [0.2, 0.25) is 0 Å². The first-order valence-electron chi connectivity index (χ1n) is 8.41. The monoisotopic (exact) mass is 288 g/mol. The van der Waals surface area contributed by atoms with Crippen LogP contribution in [0.25, 0.3) is 0 Å². The predicted octanol–water partition coefficient (Wildman–Crippen LogP) is 3.36. The highest BCUT2D eigenvalue weighted by molar-refractivity contribution is 5.30. The van der Waals surface area contributed by atoms with Gasteiger partial charge in [0.25, 0.3) is 0 Å². The molecule has 2 fully saturated rings. The minimum atomic E-state index is 0.469. The van der Waals surface area contributed by atoms with Gasteiger partial charge < -0.3 is 10.1 Å². The fourth-order valence-electron chi connectivity index (χ4n) is 3.46. The lowest BCUT2D eigenvalue weighted by Gasteiger charge is -2.35. The van der Waals surface area contributed by atoms with E-state index < -0.39 is 0 Å². The van der Waals surface area contributed by atoms with Crippen LogP contribution in [0.2, 0.25) is 0 Å². The van der Waals surface area contributed by atoms with Gasteiger partial charge in [-0.3, -0.25) is 4.90 Å². The Morgan fingerprint density at radius 3 is 2.81 bits per heavy atom. The molecule has 2 atom stereocenters. The molecule has 3 heteroatoms. The van der Waals surface area contributed by atoms with Gasteiger partial charge in [0.05, 0.1) is 7.11 Å². The second-order valence-electron chi connectivity index (χ2n) is 6.53. The van der Waals surface area contributed by atoms with Gasteiger partial charge in [-0.25, -0.2) is 0 Å². The topological polar surface area (TPSA) is 24.5 Å². The molecule has 0 amide bonds. The molecule has 116 valence electrons. The number of piperidine rings is 1. The molecule has 1 saturated carbocycles. The molecule has 2 aliphatic rings. The van der Waals surface area contributed by atoms with Crippen molar-refractivity contribution in [3.63, 3.8) is 0 Å². The number of benzene rings is 1. The Labute approximate surface area is 128 Å². The van der Waals surface area contributed by atoms with Crippen LogP contribution >= 0.6 is 0 Å². The van der Waals surface area contributed by atoms with Gasteiger partial charge in [-0.05, 0) is 56.8 Å². The van der Waals surface area contributed by atoms with E-state index in [1.54, 1.807) is 7.11 Å². The van der Waals surface area contributed by atoms with Crippen LogP contribution in [0.1, 0.15) is 50.6 Å². The van der Waals surface area contributed by atoms with Gasteiger partial charge in [-0.15, -0.1) is 0 Å². The van der Waals surface area contributed by atoms with Crippen LogP contribution in [0.15, 0.2) is 24.3 Å². The predicted molar refractivity (Wildman–Crippen MR) is 86.8 cm³/mol. The first kappa shape index (κ1) is 14.9. The molecule has 0 radical (unpaired) electrons. The van der Waals surface area contributed by atoms with Crippen molar-refractivity contribution < 1.29 is 4.74 Å². The minimum absolute atomic E-state index is 0.469. The van der Waals surface area contributed by atoms with E-state index in [1.165, 1.54) is 50.8 Å². The average molecular weight is 288 g/mol. The first-order chi connectivity index (χ1) is 10.3. The van der Waals surface area contributed by atoms with Crippen molar-refractivity contribution in [1.29, 1.82) is 0 Å². The van der Waals surface area contributed by atoms with Crippen molar-refractivity contribution >= 4 is 0 Å². The van der Waals surface area contributed by atoms with E-state index in [0.717, 1.165) is 11.8 Å². The largest absolute Gasteiger partial charge is 0.497 e. The molecule has 1 saturated heterocycles. The highest BCUT2D eigenvalue weighted by Gasteiger charge is 2.34. The molecule has 1 N–H and O–H groups in total. The summed E-state index contributed by atoms with van der Waals surface area (Å²) in [4.78, 5) is 2.71. The summed E-state index contributed by atoms with van der Waals surface area (Å²) in [6.07, 6.45) is 6.77. The highest BCUT2D eigenvalue weighted by Crippen LogP contribution is 2.35. The van der Waals surface area contributed by atoms with E-state index in [1.807, 2.05) is 6.07 Å². The van der Waals surface area contributed by atoms with E-state index in [9.17, 15) is 0 Å². The van der Waals surface area contributed by atoms with Crippen LogP contribution in [0, 0.1) is 0 Å². The third kappa shape index (κ3) is 3.78. The van der Waals surface area contributed by atoms with Gasteiger partial charge in [0.1, 0.15) is 5.75 Å². The zero-order chi connectivity index (χ0) is 14.7.